The van der Waals surface area contributed by atoms with Crippen LogP contribution in [-0.2, 0) is 33.0 Å². The van der Waals surface area contributed by atoms with Crippen molar-refractivity contribution in [3.63, 3.8) is 0 Å². The molecular formula is C27H28F3N5O5S. The summed E-state index contributed by atoms with van der Waals surface area (Å²) >= 11 is 0. The van der Waals surface area contributed by atoms with Crippen molar-refractivity contribution in [3.05, 3.63) is 64.5 Å². The first kappa shape index (κ1) is 28.6. The monoisotopic (exact) mass is 591 g/mol. The Hall–Kier alpha value is -3.94. The number of nitrogens with one attached hydrogen (secondary N) is 2. The highest BCUT2D eigenvalue weighted by molar-refractivity contribution is 7.91. The maximum absolute atomic E-state index is 13.6. The smallest absolute Gasteiger partial charge is 0.422 e. The van der Waals surface area contributed by atoms with E-state index in [0.717, 1.165) is 22.9 Å². The van der Waals surface area contributed by atoms with Gasteiger partial charge in [-0.05, 0) is 53.6 Å². The van der Waals surface area contributed by atoms with Gasteiger partial charge >= 0.3 is 6.18 Å². The Kier molecular flexibility index (Phi) is 7.08. The maximum Gasteiger partial charge on any atom is 0.422 e. The van der Waals surface area contributed by atoms with E-state index in [2.05, 4.69) is 20.7 Å². The van der Waals surface area contributed by atoms with Crippen LogP contribution in [-0.4, -0.2) is 59.8 Å². The molecule has 1 aliphatic heterocycles. The minimum absolute atomic E-state index is 0.0000778. The van der Waals surface area contributed by atoms with Gasteiger partial charge in [0.25, 0.3) is 5.91 Å². The number of aromatic nitrogens is 3. The summed E-state index contributed by atoms with van der Waals surface area (Å²) < 4.78 is 67.5. The molecule has 1 aromatic carbocycles. The maximum atomic E-state index is 13.6. The number of anilines is 1. The Morgan fingerprint density at radius 2 is 2.00 bits per heavy atom. The van der Waals surface area contributed by atoms with E-state index in [1.807, 2.05) is 19.9 Å². The number of carbonyl (C=O) groups excluding carboxylic acids is 2. The molecule has 10 nitrogen and oxygen atoms in total. The lowest BCUT2D eigenvalue weighted by Gasteiger charge is -2.35. The van der Waals surface area contributed by atoms with Crippen molar-refractivity contribution in [1.29, 1.82) is 0 Å². The van der Waals surface area contributed by atoms with E-state index in [4.69, 9.17) is 4.74 Å². The SMILES string of the molecule is CC(C)c1ccc(-n2nc3c(c2NC(=O)CS(C)(=O)=O)C(=O)N[C@@]2(CCc4cc(OCC(F)(F)F)ccc42)C3)nc1. The molecule has 41 heavy (non-hydrogen) atoms. The molecule has 1 atom stereocenters. The van der Waals surface area contributed by atoms with E-state index < -0.39 is 45.7 Å². The third kappa shape index (κ3) is 5.92. The predicted molar refractivity (Wildman–Crippen MR) is 143 cm³/mol. The van der Waals surface area contributed by atoms with Crippen LogP contribution in [0.4, 0.5) is 19.0 Å². The zero-order chi connectivity index (χ0) is 29.7. The summed E-state index contributed by atoms with van der Waals surface area (Å²) in [6, 6.07) is 8.18. The Balaban J connectivity index is 1.52. The largest absolute Gasteiger partial charge is 0.484 e. The quantitative estimate of drug-likeness (QED) is 0.430. The van der Waals surface area contributed by atoms with Gasteiger partial charge in [-0.3, -0.25) is 9.59 Å². The number of pyridine rings is 1. The number of hydrogen-bond acceptors (Lipinski definition) is 7. The molecule has 0 saturated heterocycles. The number of nitrogens with zero attached hydrogens (tertiary/aromatic N) is 3. The third-order valence-corrected chi connectivity index (χ3v) is 7.91. The van der Waals surface area contributed by atoms with Crippen molar-refractivity contribution in [1.82, 2.24) is 20.1 Å². The summed E-state index contributed by atoms with van der Waals surface area (Å²) in [6.45, 7) is 2.61. The molecule has 3 heterocycles. The van der Waals surface area contributed by atoms with E-state index in [1.54, 1.807) is 24.4 Å². The predicted octanol–water partition coefficient (Wildman–Crippen LogP) is 3.44. The van der Waals surface area contributed by atoms with Crippen LogP contribution in [0.5, 0.6) is 5.75 Å². The van der Waals surface area contributed by atoms with Gasteiger partial charge < -0.3 is 15.4 Å². The lowest BCUT2D eigenvalue weighted by atomic mass is 9.82. The van der Waals surface area contributed by atoms with Crippen LogP contribution >= 0.6 is 0 Å². The fourth-order valence-electron chi connectivity index (χ4n) is 5.28. The topological polar surface area (TPSA) is 132 Å². The lowest BCUT2D eigenvalue weighted by Crippen LogP contribution is -2.49. The van der Waals surface area contributed by atoms with E-state index in [9.17, 15) is 31.2 Å². The van der Waals surface area contributed by atoms with Gasteiger partial charge in [-0.15, -0.1) is 0 Å². The van der Waals surface area contributed by atoms with Crippen molar-refractivity contribution >= 4 is 27.5 Å². The van der Waals surface area contributed by atoms with Crippen LogP contribution in [0, 0.1) is 0 Å². The molecule has 3 aromatic rings. The zero-order valence-electron chi connectivity index (χ0n) is 22.5. The lowest BCUT2D eigenvalue weighted by molar-refractivity contribution is -0.153. The van der Waals surface area contributed by atoms with Crippen molar-refractivity contribution in [2.75, 3.05) is 23.9 Å². The molecule has 0 fully saturated rings. The molecule has 1 spiro atoms. The van der Waals surface area contributed by atoms with Crippen LogP contribution in [0.3, 0.4) is 0 Å². The molecule has 218 valence electrons. The summed E-state index contributed by atoms with van der Waals surface area (Å²) in [5.74, 6) is -1.54. The van der Waals surface area contributed by atoms with Crippen LogP contribution in [0.2, 0.25) is 0 Å². The number of sulfone groups is 1. The van der Waals surface area contributed by atoms with Gasteiger partial charge in [-0.2, -0.15) is 23.0 Å². The minimum atomic E-state index is -4.47. The second-order valence-corrected chi connectivity index (χ2v) is 12.9. The summed E-state index contributed by atoms with van der Waals surface area (Å²) in [6.07, 6.45) is -0.679. The first-order chi connectivity index (χ1) is 19.1. The number of halogens is 3. The number of hydrogen-bond donors (Lipinski definition) is 2. The van der Waals surface area contributed by atoms with Crippen molar-refractivity contribution < 1.29 is 35.9 Å². The molecule has 5 rings (SSSR count). The van der Waals surface area contributed by atoms with Crippen LogP contribution < -0.4 is 15.4 Å². The highest BCUT2D eigenvalue weighted by Crippen LogP contribution is 2.44. The van der Waals surface area contributed by atoms with E-state index in [-0.39, 0.29) is 29.5 Å². The average Bonchev–Trinajstić information content (AvgIpc) is 3.39. The highest BCUT2D eigenvalue weighted by atomic mass is 32.2. The van der Waals surface area contributed by atoms with Crippen LogP contribution in [0.15, 0.2) is 36.5 Å². The molecule has 0 radical (unpaired) electrons. The van der Waals surface area contributed by atoms with Gasteiger partial charge in [0, 0.05) is 18.9 Å². The van der Waals surface area contributed by atoms with E-state index in [0.29, 0.717) is 24.4 Å². The molecule has 1 aliphatic carbocycles. The van der Waals surface area contributed by atoms with Crippen molar-refractivity contribution in [2.45, 2.75) is 50.7 Å². The minimum Gasteiger partial charge on any atom is -0.484 e. The second kappa shape index (κ2) is 10.2. The fraction of sp³-hybridized carbons (Fsp3) is 0.407. The van der Waals surface area contributed by atoms with Gasteiger partial charge in [0.05, 0.1) is 11.2 Å². The summed E-state index contributed by atoms with van der Waals surface area (Å²) in [5.41, 5.74) is 2.04. The normalized spacial score (nSPS) is 18.3. The van der Waals surface area contributed by atoms with E-state index >= 15 is 0 Å². The number of alkyl halides is 3. The molecule has 2 aromatic heterocycles. The molecular weight excluding hydrogens is 563 g/mol. The molecule has 0 bridgehead atoms. The molecule has 14 heteroatoms. The molecule has 0 saturated carbocycles. The third-order valence-electron chi connectivity index (χ3n) is 7.13. The second-order valence-electron chi connectivity index (χ2n) is 10.7. The van der Waals surface area contributed by atoms with Gasteiger partial charge in [-0.1, -0.05) is 26.0 Å². The fourth-order valence-corrected chi connectivity index (χ4v) is 5.83. The van der Waals surface area contributed by atoms with E-state index in [1.165, 1.54) is 10.7 Å². The number of rotatable bonds is 7. The molecule has 2 amide bonds. The van der Waals surface area contributed by atoms with Crippen LogP contribution in [0.25, 0.3) is 5.82 Å². The Morgan fingerprint density at radius 3 is 2.63 bits per heavy atom. The molecule has 2 N–H and O–H groups in total. The molecule has 2 aliphatic rings. The van der Waals surface area contributed by atoms with Crippen LogP contribution in [0.1, 0.15) is 58.9 Å². The number of amides is 2. The zero-order valence-corrected chi connectivity index (χ0v) is 23.3. The standard InChI is InChI=1S/C27H28F3N5O5S/c1-15(2)17-4-7-21(31-12-17)35-24(32-22(36)13-41(3,38)39)23-20(34-35)11-26(33-25(23)37)9-8-16-10-18(5-6-19(16)26)40-14-27(28,29)30/h4-7,10,12,15H,8-9,11,13-14H2,1-3H3,(H,32,36)(H,33,37)/t26-/m0/s1. The Morgan fingerprint density at radius 1 is 1.24 bits per heavy atom. The molecule has 0 unspecified atom stereocenters. The Labute approximate surface area is 234 Å². The Bertz CT molecular complexity index is 1630. The first-order valence-corrected chi connectivity index (χ1v) is 14.9. The van der Waals surface area contributed by atoms with Crippen molar-refractivity contribution in [3.8, 4) is 11.6 Å². The summed E-state index contributed by atoms with van der Waals surface area (Å²) in [5, 5.41) is 10.2. The number of fused-ring (bicyclic) bond motifs is 3. The highest BCUT2D eigenvalue weighted by Gasteiger charge is 2.47. The van der Waals surface area contributed by atoms with Gasteiger partial charge in [0.15, 0.2) is 28.1 Å². The average molecular weight is 592 g/mol. The summed E-state index contributed by atoms with van der Waals surface area (Å²) in [4.78, 5) is 30.7. The number of benzene rings is 1. The summed E-state index contributed by atoms with van der Waals surface area (Å²) in [7, 11) is -3.65. The van der Waals surface area contributed by atoms with Gasteiger partial charge in [-0.25, -0.2) is 13.4 Å². The number of carbonyl (C=O) groups is 2. The number of aryl methyl sites for hydroxylation is 1. The number of ether oxygens (including phenoxy) is 1. The van der Waals surface area contributed by atoms with Gasteiger partial charge in [0.1, 0.15) is 17.1 Å². The first-order valence-electron chi connectivity index (χ1n) is 12.9. The van der Waals surface area contributed by atoms with Gasteiger partial charge in [0.2, 0.25) is 5.91 Å². The van der Waals surface area contributed by atoms with Crippen molar-refractivity contribution in [2.24, 2.45) is 0 Å².